The normalized spacial score (nSPS) is 11.9. The van der Waals surface area contributed by atoms with Crippen molar-refractivity contribution in [3.63, 3.8) is 0 Å². The Morgan fingerprint density at radius 2 is 1.94 bits per heavy atom. The number of carbonyl (C=O) groups is 1. The second-order valence-electron chi connectivity index (χ2n) is 9.10. The van der Waals surface area contributed by atoms with Crippen LogP contribution in [-0.2, 0) is 11.5 Å². The van der Waals surface area contributed by atoms with Crippen molar-refractivity contribution in [2.75, 3.05) is 6.61 Å². The lowest BCUT2D eigenvalue weighted by Gasteiger charge is -2.18. The molecule has 0 saturated heterocycles. The lowest BCUT2D eigenvalue weighted by molar-refractivity contribution is 0.0696. The Bertz CT molecular complexity index is 1320. The summed E-state index contributed by atoms with van der Waals surface area (Å²) in [5.41, 5.74) is 3.66. The largest absolute Gasteiger partial charge is 0.478 e. The van der Waals surface area contributed by atoms with Crippen molar-refractivity contribution in [1.82, 2.24) is 14.5 Å². The number of halogens is 2. The van der Waals surface area contributed by atoms with Crippen LogP contribution in [0.25, 0.3) is 33.5 Å². The lowest BCUT2D eigenvalue weighted by Crippen LogP contribution is -2.22. The topological polar surface area (TPSA) is 80.1 Å². The van der Waals surface area contributed by atoms with Crippen molar-refractivity contribution in [3.05, 3.63) is 64.4 Å². The van der Waals surface area contributed by atoms with Gasteiger partial charge in [-0.25, -0.2) is 9.78 Å². The highest BCUT2D eigenvalue weighted by Crippen LogP contribution is 2.37. The highest BCUT2D eigenvalue weighted by molar-refractivity contribution is 6.76. The Labute approximate surface area is 203 Å². The zero-order valence-corrected chi connectivity index (χ0v) is 21.2. The number of pyridine rings is 1. The van der Waals surface area contributed by atoms with Gasteiger partial charge in [-0.05, 0) is 36.4 Å². The van der Waals surface area contributed by atoms with Gasteiger partial charge in [0.1, 0.15) is 12.4 Å². The molecule has 33 heavy (non-hydrogen) atoms. The summed E-state index contributed by atoms with van der Waals surface area (Å²) in [6.45, 7) is 7.69. The van der Waals surface area contributed by atoms with Crippen LogP contribution in [0.3, 0.4) is 0 Å². The Balaban J connectivity index is 1.89. The second kappa shape index (κ2) is 9.35. The number of benzene rings is 1. The van der Waals surface area contributed by atoms with Gasteiger partial charge >= 0.3 is 5.97 Å². The maximum Gasteiger partial charge on any atom is 0.337 e. The maximum absolute atomic E-state index is 12.3. The molecule has 172 valence electrons. The van der Waals surface area contributed by atoms with Gasteiger partial charge in [0.15, 0.2) is 0 Å². The molecule has 1 aromatic carbocycles. The Morgan fingerprint density at radius 1 is 1.15 bits per heavy atom. The molecule has 0 spiro atoms. The predicted molar refractivity (Wildman–Crippen MR) is 136 cm³/mol. The maximum atomic E-state index is 12.3. The third-order valence-electron chi connectivity index (χ3n) is 5.47. The van der Waals surface area contributed by atoms with Gasteiger partial charge in [-0.2, -0.15) is 0 Å². The third kappa shape index (κ3) is 5.01. The van der Waals surface area contributed by atoms with E-state index in [-0.39, 0.29) is 12.3 Å². The minimum atomic E-state index is -1.28. The average Bonchev–Trinajstić information content (AvgIpc) is 3.37. The standard InChI is InChI=1S/C24H25Cl2N3O3Si/c1-33(2,3)11-10-32-14-29-21(16-6-8-27-23-17(16)7-9-28-23)13-18(24(30)31)22(29)15-4-5-19(25)20(26)12-15/h4-9,12-13H,10-11,14H2,1-3H3,(H,27,28)(H,30,31). The molecule has 0 atom stereocenters. The van der Waals surface area contributed by atoms with E-state index in [0.717, 1.165) is 28.3 Å². The van der Waals surface area contributed by atoms with Gasteiger partial charge in [-0.15, -0.1) is 0 Å². The van der Waals surface area contributed by atoms with Gasteiger partial charge in [0.05, 0.1) is 27.0 Å². The number of nitrogens with one attached hydrogen (secondary N) is 1. The number of hydrogen-bond donors (Lipinski definition) is 2. The molecule has 0 fully saturated rings. The monoisotopic (exact) mass is 501 g/mol. The fourth-order valence-electron chi connectivity index (χ4n) is 3.74. The van der Waals surface area contributed by atoms with Gasteiger partial charge < -0.3 is 19.4 Å². The number of carboxylic acid groups (broad SMARTS) is 1. The summed E-state index contributed by atoms with van der Waals surface area (Å²) in [5, 5.41) is 11.7. The SMILES string of the molecule is C[Si](C)(C)CCOCn1c(-c2ccnc3[nH]ccc23)cc(C(=O)O)c1-c1ccc(Cl)c(Cl)c1. The molecular weight excluding hydrogens is 477 g/mol. The second-order valence-corrected chi connectivity index (χ2v) is 15.5. The van der Waals surface area contributed by atoms with Crippen LogP contribution in [0.1, 0.15) is 10.4 Å². The van der Waals surface area contributed by atoms with E-state index in [9.17, 15) is 9.90 Å². The summed E-state index contributed by atoms with van der Waals surface area (Å²) in [7, 11) is -1.28. The Hall–Kier alpha value is -2.58. The van der Waals surface area contributed by atoms with Crippen LogP contribution in [-0.4, -0.2) is 40.3 Å². The first kappa shape index (κ1) is 23.6. The molecule has 0 bridgehead atoms. The molecule has 0 saturated carbocycles. The molecule has 0 aliphatic carbocycles. The number of fused-ring (bicyclic) bond motifs is 1. The molecule has 0 unspecified atom stereocenters. The first-order chi connectivity index (χ1) is 15.7. The summed E-state index contributed by atoms with van der Waals surface area (Å²) < 4.78 is 7.98. The summed E-state index contributed by atoms with van der Waals surface area (Å²) in [6.07, 6.45) is 3.52. The van der Waals surface area contributed by atoms with Crippen LogP contribution < -0.4 is 0 Å². The van der Waals surface area contributed by atoms with Crippen molar-refractivity contribution in [2.45, 2.75) is 32.4 Å². The zero-order valence-electron chi connectivity index (χ0n) is 18.7. The first-order valence-corrected chi connectivity index (χ1v) is 15.0. The molecule has 3 heterocycles. The van der Waals surface area contributed by atoms with Crippen LogP contribution in [0, 0.1) is 0 Å². The van der Waals surface area contributed by atoms with Gasteiger partial charge in [-0.3, -0.25) is 0 Å². The number of aromatic carboxylic acids is 1. The molecule has 0 radical (unpaired) electrons. The highest BCUT2D eigenvalue weighted by atomic mass is 35.5. The Kier molecular flexibility index (Phi) is 6.68. The van der Waals surface area contributed by atoms with Crippen molar-refractivity contribution in [1.29, 1.82) is 0 Å². The van der Waals surface area contributed by atoms with Crippen molar-refractivity contribution in [2.24, 2.45) is 0 Å². The highest BCUT2D eigenvalue weighted by Gasteiger charge is 2.24. The zero-order chi connectivity index (χ0) is 23.8. The number of aromatic amines is 1. The van der Waals surface area contributed by atoms with Gasteiger partial charge in [0, 0.05) is 43.6 Å². The summed E-state index contributed by atoms with van der Waals surface area (Å²) in [5.74, 6) is -1.03. The van der Waals surface area contributed by atoms with E-state index in [0.29, 0.717) is 27.9 Å². The van der Waals surface area contributed by atoms with Crippen molar-refractivity contribution >= 4 is 48.3 Å². The van der Waals surface area contributed by atoms with E-state index in [1.54, 1.807) is 30.5 Å². The molecule has 0 aliphatic rings. The van der Waals surface area contributed by atoms with E-state index in [4.69, 9.17) is 27.9 Å². The average molecular weight is 502 g/mol. The van der Waals surface area contributed by atoms with Crippen LogP contribution >= 0.6 is 23.2 Å². The number of hydrogen-bond acceptors (Lipinski definition) is 3. The van der Waals surface area contributed by atoms with E-state index in [1.165, 1.54) is 0 Å². The van der Waals surface area contributed by atoms with E-state index in [1.807, 2.05) is 22.9 Å². The number of ether oxygens (including phenoxy) is 1. The predicted octanol–water partition coefficient (Wildman–Crippen LogP) is 7.02. The third-order valence-corrected chi connectivity index (χ3v) is 7.92. The lowest BCUT2D eigenvalue weighted by atomic mass is 10.1. The minimum Gasteiger partial charge on any atom is -0.478 e. The summed E-state index contributed by atoms with van der Waals surface area (Å²) in [4.78, 5) is 19.8. The van der Waals surface area contributed by atoms with E-state index < -0.39 is 14.0 Å². The molecule has 4 aromatic rings. The smallest absolute Gasteiger partial charge is 0.337 e. The van der Waals surface area contributed by atoms with Gasteiger partial charge in [0.2, 0.25) is 0 Å². The van der Waals surface area contributed by atoms with Crippen LogP contribution in [0.15, 0.2) is 48.8 Å². The first-order valence-electron chi connectivity index (χ1n) is 10.6. The molecule has 6 nitrogen and oxygen atoms in total. The van der Waals surface area contributed by atoms with E-state index in [2.05, 4.69) is 29.6 Å². The molecule has 3 aromatic heterocycles. The molecule has 4 rings (SSSR count). The van der Waals surface area contributed by atoms with Crippen LogP contribution in [0.4, 0.5) is 0 Å². The van der Waals surface area contributed by atoms with Crippen LogP contribution in [0.5, 0.6) is 0 Å². The number of aromatic nitrogens is 3. The number of carboxylic acids is 1. The number of rotatable bonds is 8. The molecule has 0 amide bonds. The Morgan fingerprint density at radius 3 is 2.64 bits per heavy atom. The van der Waals surface area contributed by atoms with Crippen molar-refractivity contribution < 1.29 is 14.6 Å². The van der Waals surface area contributed by atoms with Gasteiger partial charge in [0.25, 0.3) is 0 Å². The number of H-pyrrole nitrogens is 1. The van der Waals surface area contributed by atoms with Crippen molar-refractivity contribution in [3.8, 4) is 22.5 Å². The molecular formula is C24H25Cl2N3O3Si. The fraction of sp³-hybridized carbons (Fsp3) is 0.250. The molecule has 9 heteroatoms. The summed E-state index contributed by atoms with van der Waals surface area (Å²) >= 11 is 12.4. The van der Waals surface area contributed by atoms with Crippen LogP contribution in [0.2, 0.25) is 35.7 Å². The minimum absolute atomic E-state index is 0.165. The molecule has 0 aliphatic heterocycles. The van der Waals surface area contributed by atoms with Gasteiger partial charge in [-0.1, -0.05) is 48.9 Å². The molecule has 2 N–H and O–H groups in total. The quantitative estimate of drug-likeness (QED) is 0.201. The van der Waals surface area contributed by atoms with E-state index >= 15 is 0 Å². The fourth-order valence-corrected chi connectivity index (χ4v) is 4.80. The number of nitrogens with zero attached hydrogens (tertiary/aromatic N) is 2. The summed E-state index contributed by atoms with van der Waals surface area (Å²) in [6, 6.07) is 11.6.